The number of benzene rings is 2. The lowest BCUT2D eigenvalue weighted by Gasteiger charge is -2.32. The number of carbonyl (C=O) groups excluding carboxylic acids is 1. The summed E-state index contributed by atoms with van der Waals surface area (Å²) < 4.78 is 5.43. The molecule has 1 aliphatic rings. The second-order valence-corrected chi connectivity index (χ2v) is 6.87. The summed E-state index contributed by atoms with van der Waals surface area (Å²) in [6, 6.07) is 19.1. The molecule has 1 amide bonds. The lowest BCUT2D eigenvalue weighted by atomic mass is 9.85. The van der Waals surface area contributed by atoms with Crippen molar-refractivity contribution in [2.45, 2.75) is 38.1 Å². The van der Waals surface area contributed by atoms with Crippen LogP contribution in [0.5, 0.6) is 0 Å². The van der Waals surface area contributed by atoms with Crippen LogP contribution in [0.2, 0.25) is 0 Å². The van der Waals surface area contributed by atoms with Gasteiger partial charge >= 0.3 is 0 Å². The van der Waals surface area contributed by atoms with Gasteiger partial charge in [-0.25, -0.2) is 0 Å². The van der Waals surface area contributed by atoms with Crippen LogP contribution in [0.15, 0.2) is 54.6 Å². The zero-order chi connectivity index (χ0) is 17.6. The molecule has 25 heavy (non-hydrogen) atoms. The minimum Gasteiger partial charge on any atom is -0.381 e. The molecule has 0 aromatic heterocycles. The van der Waals surface area contributed by atoms with Crippen LogP contribution in [0.3, 0.4) is 0 Å². The Labute approximate surface area is 150 Å². The molecule has 0 spiro atoms. The van der Waals surface area contributed by atoms with E-state index in [1.54, 1.807) is 0 Å². The van der Waals surface area contributed by atoms with E-state index in [1.165, 1.54) is 16.7 Å². The molecule has 0 N–H and O–H groups in total. The Kier molecular flexibility index (Phi) is 5.87. The number of hydrogen-bond donors (Lipinski definition) is 0. The fourth-order valence-electron chi connectivity index (χ4n) is 3.67. The van der Waals surface area contributed by atoms with Gasteiger partial charge < -0.3 is 9.64 Å². The van der Waals surface area contributed by atoms with E-state index in [2.05, 4.69) is 43.3 Å². The van der Waals surface area contributed by atoms with Crippen LogP contribution in [0.25, 0.3) is 0 Å². The Balaban J connectivity index is 1.83. The summed E-state index contributed by atoms with van der Waals surface area (Å²) in [6.45, 7) is 3.63. The average Bonchev–Trinajstić information content (AvgIpc) is 2.67. The molecule has 0 bridgehead atoms. The average molecular weight is 337 g/mol. The monoisotopic (exact) mass is 337 g/mol. The molecule has 0 radical (unpaired) electrons. The van der Waals surface area contributed by atoms with Crippen molar-refractivity contribution in [2.75, 3.05) is 20.3 Å². The first-order valence-corrected chi connectivity index (χ1v) is 9.10. The summed E-state index contributed by atoms with van der Waals surface area (Å²) >= 11 is 0. The van der Waals surface area contributed by atoms with Gasteiger partial charge in [0.1, 0.15) is 0 Å². The Morgan fingerprint density at radius 2 is 1.72 bits per heavy atom. The van der Waals surface area contributed by atoms with Crippen molar-refractivity contribution in [2.24, 2.45) is 0 Å². The zero-order valence-electron chi connectivity index (χ0n) is 15.2. The van der Waals surface area contributed by atoms with Gasteiger partial charge in [-0.2, -0.15) is 0 Å². The van der Waals surface area contributed by atoms with Gasteiger partial charge in [0, 0.05) is 38.6 Å². The Hall–Kier alpha value is -2.13. The number of aryl methyl sites for hydroxylation is 1. The summed E-state index contributed by atoms with van der Waals surface area (Å²) in [4.78, 5) is 14.9. The topological polar surface area (TPSA) is 29.5 Å². The molecule has 1 aliphatic heterocycles. The van der Waals surface area contributed by atoms with Gasteiger partial charge in [-0.05, 0) is 36.5 Å². The van der Waals surface area contributed by atoms with Gasteiger partial charge in [0.15, 0.2) is 0 Å². The molecule has 0 saturated carbocycles. The fraction of sp³-hybridized carbons (Fsp3) is 0.409. The molecule has 132 valence electrons. The van der Waals surface area contributed by atoms with Crippen molar-refractivity contribution in [3.63, 3.8) is 0 Å². The summed E-state index contributed by atoms with van der Waals surface area (Å²) in [7, 11) is 1.94. The van der Waals surface area contributed by atoms with Crippen LogP contribution in [0.4, 0.5) is 0 Å². The van der Waals surface area contributed by atoms with E-state index in [4.69, 9.17) is 4.74 Å². The highest BCUT2D eigenvalue weighted by Crippen LogP contribution is 2.31. The third kappa shape index (κ3) is 4.29. The standard InChI is InChI=1S/C22H27NO2/c1-17-8-6-7-11-20(17)21(18-9-4-3-5-10-18)16-22(24)23(2)19-12-14-25-15-13-19/h3-11,19,21H,12-16H2,1-2H3. The maximum Gasteiger partial charge on any atom is 0.223 e. The quantitative estimate of drug-likeness (QED) is 0.820. The minimum absolute atomic E-state index is 0.0946. The number of rotatable bonds is 5. The summed E-state index contributed by atoms with van der Waals surface area (Å²) in [5.41, 5.74) is 3.67. The molecule has 2 aromatic carbocycles. The molecular weight excluding hydrogens is 310 g/mol. The molecule has 1 unspecified atom stereocenters. The molecule has 3 heteroatoms. The first kappa shape index (κ1) is 17.7. The highest BCUT2D eigenvalue weighted by molar-refractivity contribution is 5.78. The third-order valence-electron chi connectivity index (χ3n) is 5.28. The lowest BCUT2D eigenvalue weighted by molar-refractivity contribution is -0.133. The Bertz CT molecular complexity index is 692. The molecule has 3 nitrogen and oxygen atoms in total. The summed E-state index contributed by atoms with van der Waals surface area (Å²) in [6.07, 6.45) is 2.37. The van der Waals surface area contributed by atoms with Crippen molar-refractivity contribution in [3.05, 3.63) is 71.3 Å². The van der Waals surface area contributed by atoms with Crippen LogP contribution in [-0.4, -0.2) is 37.1 Å². The van der Waals surface area contributed by atoms with Crippen molar-refractivity contribution in [3.8, 4) is 0 Å². The lowest BCUT2D eigenvalue weighted by Crippen LogP contribution is -2.41. The smallest absolute Gasteiger partial charge is 0.223 e. The largest absolute Gasteiger partial charge is 0.381 e. The molecule has 1 atom stereocenters. The minimum atomic E-state index is 0.0946. The summed E-state index contributed by atoms with van der Waals surface area (Å²) in [5, 5.41) is 0. The van der Waals surface area contributed by atoms with Crippen molar-refractivity contribution in [1.82, 2.24) is 4.90 Å². The van der Waals surface area contributed by atoms with Gasteiger partial charge in [-0.15, -0.1) is 0 Å². The maximum atomic E-state index is 13.0. The first-order valence-electron chi connectivity index (χ1n) is 9.10. The Morgan fingerprint density at radius 3 is 2.40 bits per heavy atom. The zero-order valence-corrected chi connectivity index (χ0v) is 15.2. The number of carbonyl (C=O) groups is 1. The van der Waals surface area contributed by atoms with Gasteiger partial charge in [0.2, 0.25) is 5.91 Å². The van der Waals surface area contributed by atoms with Crippen LogP contribution in [0.1, 0.15) is 41.9 Å². The maximum absolute atomic E-state index is 13.0. The Morgan fingerprint density at radius 1 is 1.08 bits per heavy atom. The van der Waals surface area contributed by atoms with Crippen LogP contribution in [0, 0.1) is 6.92 Å². The number of amides is 1. The molecule has 3 rings (SSSR count). The SMILES string of the molecule is Cc1ccccc1C(CC(=O)N(C)C1CCOCC1)c1ccccc1. The summed E-state index contributed by atoms with van der Waals surface area (Å²) in [5.74, 6) is 0.307. The number of ether oxygens (including phenoxy) is 1. The van der Waals surface area contributed by atoms with Crippen LogP contribution in [-0.2, 0) is 9.53 Å². The fourth-order valence-corrected chi connectivity index (χ4v) is 3.67. The van der Waals surface area contributed by atoms with Crippen molar-refractivity contribution >= 4 is 5.91 Å². The van der Waals surface area contributed by atoms with E-state index < -0.39 is 0 Å². The number of hydrogen-bond acceptors (Lipinski definition) is 2. The predicted molar refractivity (Wildman–Crippen MR) is 101 cm³/mol. The normalized spacial score (nSPS) is 16.4. The second-order valence-electron chi connectivity index (χ2n) is 6.87. The van der Waals surface area contributed by atoms with Crippen LogP contribution < -0.4 is 0 Å². The van der Waals surface area contributed by atoms with Crippen molar-refractivity contribution in [1.29, 1.82) is 0 Å². The van der Waals surface area contributed by atoms with Gasteiger partial charge in [-0.3, -0.25) is 4.79 Å². The molecular formula is C22H27NO2. The third-order valence-corrected chi connectivity index (χ3v) is 5.28. The van der Waals surface area contributed by atoms with E-state index in [1.807, 2.05) is 30.1 Å². The highest BCUT2D eigenvalue weighted by Gasteiger charge is 2.26. The number of nitrogens with zero attached hydrogens (tertiary/aromatic N) is 1. The predicted octanol–water partition coefficient (Wildman–Crippen LogP) is 4.15. The second kappa shape index (κ2) is 8.30. The van der Waals surface area contributed by atoms with E-state index >= 15 is 0 Å². The first-order chi connectivity index (χ1) is 12.2. The van der Waals surface area contributed by atoms with E-state index in [0.717, 1.165) is 26.1 Å². The van der Waals surface area contributed by atoms with Crippen LogP contribution >= 0.6 is 0 Å². The molecule has 1 fully saturated rings. The molecule has 0 aliphatic carbocycles. The van der Waals surface area contributed by atoms with Gasteiger partial charge in [0.05, 0.1) is 0 Å². The van der Waals surface area contributed by atoms with Crippen molar-refractivity contribution < 1.29 is 9.53 Å². The van der Waals surface area contributed by atoms with Gasteiger partial charge in [0.25, 0.3) is 0 Å². The van der Waals surface area contributed by atoms with E-state index in [-0.39, 0.29) is 11.8 Å². The molecule has 1 saturated heterocycles. The van der Waals surface area contributed by atoms with E-state index in [9.17, 15) is 4.79 Å². The molecule has 1 heterocycles. The van der Waals surface area contributed by atoms with Gasteiger partial charge in [-0.1, -0.05) is 54.6 Å². The van der Waals surface area contributed by atoms with E-state index in [0.29, 0.717) is 12.5 Å². The highest BCUT2D eigenvalue weighted by atomic mass is 16.5. The molecule has 2 aromatic rings.